The van der Waals surface area contributed by atoms with Gasteiger partial charge in [-0.3, -0.25) is 0 Å². The smallest absolute Gasteiger partial charge is 0.0587 e. The van der Waals surface area contributed by atoms with E-state index in [1.165, 1.54) is 47.8 Å². The van der Waals surface area contributed by atoms with Crippen molar-refractivity contribution in [1.82, 2.24) is 5.32 Å². The van der Waals surface area contributed by atoms with Crippen LogP contribution in [0, 0.1) is 0 Å². The summed E-state index contributed by atoms with van der Waals surface area (Å²) in [5.74, 6) is 0. The van der Waals surface area contributed by atoms with Crippen molar-refractivity contribution in [2.24, 2.45) is 0 Å². The van der Waals surface area contributed by atoms with Crippen molar-refractivity contribution in [2.75, 3.05) is 32.2 Å². The molecule has 0 radical (unpaired) electrons. The number of rotatable bonds is 7. The van der Waals surface area contributed by atoms with Crippen LogP contribution in [0.4, 0.5) is 5.69 Å². The number of nitrogens with zero attached hydrogens (tertiary/aromatic N) is 1. The number of anilines is 1. The molecule has 0 aromatic heterocycles. The van der Waals surface area contributed by atoms with E-state index in [1.807, 2.05) is 0 Å². The molecule has 1 aromatic carbocycles. The molecule has 1 N–H and O–H groups in total. The predicted molar refractivity (Wildman–Crippen MR) is 93.0 cm³/mol. The molecule has 2 rings (SSSR count). The lowest BCUT2D eigenvalue weighted by molar-refractivity contribution is 0.199. The molecule has 21 heavy (non-hydrogen) atoms. The van der Waals surface area contributed by atoms with Gasteiger partial charge in [0, 0.05) is 37.8 Å². The van der Waals surface area contributed by atoms with E-state index in [0.717, 1.165) is 19.7 Å². The molecule has 0 aliphatic heterocycles. The second-order valence-corrected chi connectivity index (χ2v) is 6.71. The fourth-order valence-electron chi connectivity index (χ4n) is 3.02. The van der Waals surface area contributed by atoms with Crippen molar-refractivity contribution < 1.29 is 4.74 Å². The molecule has 118 valence electrons. The minimum Gasteiger partial charge on any atom is -0.383 e. The van der Waals surface area contributed by atoms with Crippen LogP contribution >= 0.6 is 15.9 Å². The van der Waals surface area contributed by atoms with E-state index in [4.69, 9.17) is 4.74 Å². The summed E-state index contributed by atoms with van der Waals surface area (Å²) in [6.07, 6.45) is 6.78. The SMILES string of the molecule is COCCNCc1ccc(N(C)C2CCCCC2)c(Br)c1. The number of halogens is 1. The minimum absolute atomic E-state index is 0.695. The number of methoxy groups -OCH3 is 1. The molecule has 4 heteroatoms. The Morgan fingerprint density at radius 2 is 2.05 bits per heavy atom. The van der Waals surface area contributed by atoms with E-state index in [1.54, 1.807) is 7.11 Å². The second kappa shape index (κ2) is 8.76. The number of nitrogens with one attached hydrogen (secondary N) is 1. The first-order chi connectivity index (χ1) is 10.2. The summed E-state index contributed by atoms with van der Waals surface area (Å²) >= 11 is 3.74. The van der Waals surface area contributed by atoms with Gasteiger partial charge >= 0.3 is 0 Å². The van der Waals surface area contributed by atoms with Crippen LogP contribution in [0.15, 0.2) is 22.7 Å². The molecule has 0 atom stereocenters. The van der Waals surface area contributed by atoms with Gasteiger partial charge in [-0.25, -0.2) is 0 Å². The third kappa shape index (κ3) is 4.97. The largest absolute Gasteiger partial charge is 0.383 e. The maximum Gasteiger partial charge on any atom is 0.0587 e. The van der Waals surface area contributed by atoms with Gasteiger partial charge in [-0.05, 0) is 46.5 Å². The number of hydrogen-bond donors (Lipinski definition) is 1. The lowest BCUT2D eigenvalue weighted by Crippen LogP contribution is -2.33. The third-order valence-corrected chi connectivity index (χ3v) is 4.96. The Labute approximate surface area is 137 Å². The van der Waals surface area contributed by atoms with Crippen molar-refractivity contribution in [3.8, 4) is 0 Å². The van der Waals surface area contributed by atoms with E-state index < -0.39 is 0 Å². The summed E-state index contributed by atoms with van der Waals surface area (Å²) in [5.41, 5.74) is 2.61. The standard InChI is InChI=1S/C17H27BrN2O/c1-20(15-6-4-3-5-7-15)17-9-8-14(12-16(17)18)13-19-10-11-21-2/h8-9,12,15,19H,3-7,10-11,13H2,1-2H3. The van der Waals surface area contributed by atoms with E-state index in [-0.39, 0.29) is 0 Å². The van der Waals surface area contributed by atoms with Gasteiger partial charge < -0.3 is 15.0 Å². The molecule has 0 amide bonds. The Hall–Kier alpha value is -0.580. The molecule has 0 unspecified atom stereocenters. The van der Waals surface area contributed by atoms with Crippen LogP contribution < -0.4 is 10.2 Å². The summed E-state index contributed by atoms with van der Waals surface area (Å²) in [7, 11) is 3.96. The normalized spacial score (nSPS) is 16.1. The molecule has 0 bridgehead atoms. The highest BCUT2D eigenvalue weighted by Crippen LogP contribution is 2.31. The van der Waals surface area contributed by atoms with E-state index >= 15 is 0 Å². The van der Waals surface area contributed by atoms with E-state index in [0.29, 0.717) is 6.04 Å². The summed E-state index contributed by atoms with van der Waals surface area (Å²) in [6, 6.07) is 7.39. The van der Waals surface area contributed by atoms with Gasteiger partial charge in [0.2, 0.25) is 0 Å². The summed E-state index contributed by atoms with van der Waals surface area (Å²) < 4.78 is 6.24. The van der Waals surface area contributed by atoms with E-state index in [2.05, 4.69) is 51.4 Å². The van der Waals surface area contributed by atoms with Gasteiger partial charge in [0.25, 0.3) is 0 Å². The molecule has 0 saturated heterocycles. The zero-order valence-electron chi connectivity index (χ0n) is 13.2. The quantitative estimate of drug-likeness (QED) is 0.750. The van der Waals surface area contributed by atoms with Gasteiger partial charge in [0.1, 0.15) is 0 Å². The van der Waals surface area contributed by atoms with Crippen molar-refractivity contribution in [2.45, 2.75) is 44.7 Å². The monoisotopic (exact) mass is 354 g/mol. The average molecular weight is 355 g/mol. The van der Waals surface area contributed by atoms with Crippen molar-refractivity contribution >= 4 is 21.6 Å². The van der Waals surface area contributed by atoms with Crippen LogP contribution in [-0.4, -0.2) is 33.4 Å². The third-order valence-electron chi connectivity index (χ3n) is 4.33. The maximum atomic E-state index is 5.04. The van der Waals surface area contributed by atoms with Gasteiger partial charge in [-0.2, -0.15) is 0 Å². The molecular formula is C17H27BrN2O. The van der Waals surface area contributed by atoms with Crippen molar-refractivity contribution in [3.05, 3.63) is 28.2 Å². The fraction of sp³-hybridized carbons (Fsp3) is 0.647. The number of benzene rings is 1. The van der Waals surface area contributed by atoms with E-state index in [9.17, 15) is 0 Å². The molecule has 0 heterocycles. The molecule has 1 saturated carbocycles. The molecule has 1 fully saturated rings. The first-order valence-corrected chi connectivity index (χ1v) is 8.72. The second-order valence-electron chi connectivity index (χ2n) is 5.86. The van der Waals surface area contributed by atoms with Crippen molar-refractivity contribution in [3.63, 3.8) is 0 Å². The van der Waals surface area contributed by atoms with Gasteiger partial charge in [0.15, 0.2) is 0 Å². The predicted octanol–water partition coefficient (Wildman–Crippen LogP) is 3.95. The molecule has 1 aliphatic rings. The Morgan fingerprint density at radius 1 is 1.29 bits per heavy atom. The summed E-state index contributed by atoms with van der Waals surface area (Å²) in [5, 5.41) is 3.38. The zero-order chi connectivity index (χ0) is 15.1. The topological polar surface area (TPSA) is 24.5 Å². The van der Waals surface area contributed by atoms with Gasteiger partial charge in [-0.15, -0.1) is 0 Å². The van der Waals surface area contributed by atoms with Crippen LogP contribution in [0.3, 0.4) is 0 Å². The Morgan fingerprint density at radius 3 is 2.71 bits per heavy atom. The minimum atomic E-state index is 0.695. The fourth-order valence-corrected chi connectivity index (χ4v) is 3.72. The Balaban J connectivity index is 1.94. The molecular weight excluding hydrogens is 328 g/mol. The maximum absolute atomic E-state index is 5.04. The lowest BCUT2D eigenvalue weighted by atomic mass is 9.94. The van der Waals surface area contributed by atoms with Gasteiger partial charge in [-0.1, -0.05) is 25.3 Å². The van der Waals surface area contributed by atoms with Gasteiger partial charge in [0.05, 0.1) is 12.3 Å². The van der Waals surface area contributed by atoms with Crippen LogP contribution in [0.25, 0.3) is 0 Å². The Kier molecular flexibility index (Phi) is 7.00. The molecule has 0 spiro atoms. The van der Waals surface area contributed by atoms with Crippen molar-refractivity contribution in [1.29, 1.82) is 0 Å². The molecule has 3 nitrogen and oxygen atoms in total. The van der Waals surface area contributed by atoms with Crippen LogP contribution in [0.5, 0.6) is 0 Å². The van der Waals surface area contributed by atoms with Crippen LogP contribution in [0.1, 0.15) is 37.7 Å². The highest BCUT2D eigenvalue weighted by Gasteiger charge is 2.19. The zero-order valence-corrected chi connectivity index (χ0v) is 14.8. The molecule has 1 aromatic rings. The van der Waals surface area contributed by atoms with Crippen LogP contribution in [0.2, 0.25) is 0 Å². The summed E-state index contributed by atoms with van der Waals surface area (Å²) in [6.45, 7) is 2.52. The Bertz CT molecular complexity index is 433. The summed E-state index contributed by atoms with van der Waals surface area (Å²) in [4.78, 5) is 2.45. The number of hydrogen-bond acceptors (Lipinski definition) is 3. The number of ether oxygens (including phenoxy) is 1. The average Bonchev–Trinajstić information content (AvgIpc) is 2.52. The van der Waals surface area contributed by atoms with Crippen LogP contribution in [-0.2, 0) is 11.3 Å². The first-order valence-electron chi connectivity index (χ1n) is 7.93. The lowest BCUT2D eigenvalue weighted by Gasteiger charge is -2.33. The highest BCUT2D eigenvalue weighted by atomic mass is 79.9. The highest BCUT2D eigenvalue weighted by molar-refractivity contribution is 9.10. The first kappa shape index (κ1) is 16.8. The molecule has 1 aliphatic carbocycles.